The van der Waals surface area contributed by atoms with Crippen molar-refractivity contribution in [2.45, 2.75) is 72.8 Å². The van der Waals surface area contributed by atoms with E-state index in [0.717, 1.165) is 61.2 Å². The van der Waals surface area contributed by atoms with E-state index in [4.69, 9.17) is 0 Å². The predicted molar refractivity (Wildman–Crippen MR) is 144 cm³/mol. The first-order valence-corrected chi connectivity index (χ1v) is 13.4. The van der Waals surface area contributed by atoms with Crippen molar-refractivity contribution in [1.29, 1.82) is 0 Å². The minimum Gasteiger partial charge on any atom is -0.372 e. The lowest BCUT2D eigenvalue weighted by Gasteiger charge is -2.39. The third kappa shape index (κ3) is 6.94. The number of amides is 1. The van der Waals surface area contributed by atoms with Crippen molar-refractivity contribution in [3.63, 3.8) is 0 Å². The molecule has 1 N–H and O–H groups in total. The van der Waals surface area contributed by atoms with Gasteiger partial charge in [-0.3, -0.25) is 14.7 Å². The van der Waals surface area contributed by atoms with Gasteiger partial charge in [-0.1, -0.05) is 18.4 Å². The summed E-state index contributed by atoms with van der Waals surface area (Å²) >= 11 is 0. The fourth-order valence-electron chi connectivity index (χ4n) is 5.83. The SMILES string of the molecule is Cc1c(CN2CCN(C(=C3CC3)C3CCCC3)CC2)cc(F)cc1NC=O.Cc1cc(C)nc(C)c1. The fraction of sp³-hybridized carbons (Fsp3) is 0.533. The van der Waals surface area contributed by atoms with E-state index in [0.29, 0.717) is 12.1 Å². The van der Waals surface area contributed by atoms with Crippen LogP contribution in [0.2, 0.25) is 0 Å². The number of aryl methyl sites for hydroxylation is 3. The van der Waals surface area contributed by atoms with Gasteiger partial charge in [0.15, 0.2) is 0 Å². The second kappa shape index (κ2) is 12.0. The number of halogens is 1. The lowest BCUT2D eigenvalue weighted by Crippen LogP contribution is -2.46. The summed E-state index contributed by atoms with van der Waals surface area (Å²) in [5.41, 5.74) is 9.38. The van der Waals surface area contributed by atoms with E-state index in [1.807, 2.05) is 20.8 Å². The van der Waals surface area contributed by atoms with Crippen molar-refractivity contribution < 1.29 is 9.18 Å². The third-order valence-electron chi connectivity index (χ3n) is 7.63. The zero-order valence-corrected chi connectivity index (χ0v) is 22.4. The highest BCUT2D eigenvalue weighted by Crippen LogP contribution is 2.42. The van der Waals surface area contributed by atoms with Crippen LogP contribution in [0.3, 0.4) is 0 Å². The molecule has 5 rings (SSSR count). The molecule has 3 fully saturated rings. The molecule has 1 aromatic heterocycles. The van der Waals surface area contributed by atoms with Gasteiger partial charge in [0.05, 0.1) is 0 Å². The van der Waals surface area contributed by atoms with Gasteiger partial charge in [0.1, 0.15) is 5.82 Å². The van der Waals surface area contributed by atoms with Gasteiger partial charge in [-0.15, -0.1) is 0 Å². The first-order valence-electron chi connectivity index (χ1n) is 13.4. The van der Waals surface area contributed by atoms with Gasteiger partial charge in [-0.25, -0.2) is 4.39 Å². The summed E-state index contributed by atoms with van der Waals surface area (Å²) in [6.45, 7) is 13.0. The van der Waals surface area contributed by atoms with E-state index in [1.54, 1.807) is 17.3 Å². The number of piperazine rings is 1. The summed E-state index contributed by atoms with van der Waals surface area (Å²) in [5.74, 6) is 0.511. The van der Waals surface area contributed by atoms with E-state index < -0.39 is 0 Å². The molecular formula is C30H41FN4O. The van der Waals surface area contributed by atoms with Crippen molar-refractivity contribution in [2.24, 2.45) is 5.92 Å². The Kier molecular flexibility index (Phi) is 8.78. The minimum atomic E-state index is -0.291. The van der Waals surface area contributed by atoms with Crippen molar-refractivity contribution in [1.82, 2.24) is 14.8 Å². The van der Waals surface area contributed by atoms with Crippen molar-refractivity contribution in [2.75, 3.05) is 31.5 Å². The van der Waals surface area contributed by atoms with Crippen molar-refractivity contribution in [3.8, 4) is 0 Å². The van der Waals surface area contributed by atoms with Crippen LogP contribution in [0.1, 0.15) is 66.6 Å². The molecule has 2 aromatic rings. The number of benzene rings is 1. The Morgan fingerprint density at radius 1 is 1.00 bits per heavy atom. The van der Waals surface area contributed by atoms with Gasteiger partial charge in [0, 0.05) is 55.5 Å². The molecule has 0 spiro atoms. The van der Waals surface area contributed by atoms with Crippen molar-refractivity contribution in [3.05, 3.63) is 69.4 Å². The quantitative estimate of drug-likeness (QED) is 0.498. The molecule has 2 saturated carbocycles. The molecule has 3 aliphatic rings. The molecule has 2 aliphatic carbocycles. The molecule has 1 saturated heterocycles. The first-order chi connectivity index (χ1) is 17.3. The monoisotopic (exact) mass is 492 g/mol. The van der Waals surface area contributed by atoms with Crippen LogP contribution in [0.4, 0.5) is 10.1 Å². The molecule has 2 heterocycles. The smallest absolute Gasteiger partial charge is 0.211 e. The number of hydrogen-bond acceptors (Lipinski definition) is 4. The number of rotatable bonds is 6. The molecule has 0 unspecified atom stereocenters. The van der Waals surface area contributed by atoms with E-state index in [1.165, 1.54) is 50.2 Å². The average molecular weight is 493 g/mol. The molecule has 1 aliphatic heterocycles. The van der Waals surface area contributed by atoms with Crippen LogP contribution in [0.25, 0.3) is 0 Å². The Bertz CT molecular complexity index is 1040. The van der Waals surface area contributed by atoms with Gasteiger partial charge < -0.3 is 10.2 Å². The van der Waals surface area contributed by atoms with Crippen LogP contribution in [0, 0.1) is 39.4 Å². The van der Waals surface area contributed by atoms with Gasteiger partial charge in [0.2, 0.25) is 6.41 Å². The van der Waals surface area contributed by atoms with Gasteiger partial charge in [-0.2, -0.15) is 0 Å². The topological polar surface area (TPSA) is 48.5 Å². The van der Waals surface area contributed by atoms with Crippen LogP contribution in [0.15, 0.2) is 35.5 Å². The summed E-state index contributed by atoms with van der Waals surface area (Å²) in [6, 6.07) is 7.15. The molecule has 36 heavy (non-hydrogen) atoms. The molecule has 0 radical (unpaired) electrons. The second-order valence-electron chi connectivity index (χ2n) is 10.7. The highest BCUT2D eigenvalue weighted by molar-refractivity contribution is 5.74. The zero-order chi connectivity index (χ0) is 25.7. The number of nitrogens with zero attached hydrogens (tertiary/aromatic N) is 3. The van der Waals surface area contributed by atoms with Crippen LogP contribution in [0.5, 0.6) is 0 Å². The van der Waals surface area contributed by atoms with Crippen LogP contribution in [-0.4, -0.2) is 47.4 Å². The Morgan fingerprint density at radius 2 is 1.64 bits per heavy atom. The van der Waals surface area contributed by atoms with E-state index in [2.05, 4.69) is 39.2 Å². The summed E-state index contributed by atoms with van der Waals surface area (Å²) in [5, 5.41) is 2.61. The number of aromatic nitrogens is 1. The maximum Gasteiger partial charge on any atom is 0.211 e. The maximum absolute atomic E-state index is 13.9. The Morgan fingerprint density at radius 3 is 2.19 bits per heavy atom. The fourth-order valence-corrected chi connectivity index (χ4v) is 5.83. The van der Waals surface area contributed by atoms with Crippen LogP contribution in [-0.2, 0) is 11.3 Å². The number of nitrogens with one attached hydrogen (secondary N) is 1. The summed E-state index contributed by atoms with van der Waals surface area (Å²) in [7, 11) is 0. The maximum atomic E-state index is 13.9. The van der Waals surface area contributed by atoms with E-state index in [-0.39, 0.29) is 5.82 Å². The van der Waals surface area contributed by atoms with Gasteiger partial charge in [-0.05, 0) is 100 Å². The Labute approximate surface area is 215 Å². The van der Waals surface area contributed by atoms with Crippen molar-refractivity contribution >= 4 is 12.1 Å². The summed E-state index contributed by atoms with van der Waals surface area (Å²) in [6.07, 6.45) is 8.74. The number of allylic oxidation sites excluding steroid dienone is 2. The Balaban J connectivity index is 0.000000286. The Hall–Kier alpha value is -2.73. The molecule has 6 heteroatoms. The molecule has 1 aromatic carbocycles. The number of carbonyl (C=O) groups is 1. The molecule has 5 nitrogen and oxygen atoms in total. The number of pyridine rings is 1. The second-order valence-corrected chi connectivity index (χ2v) is 10.7. The molecule has 0 atom stereocenters. The van der Waals surface area contributed by atoms with Crippen LogP contribution >= 0.6 is 0 Å². The predicted octanol–water partition coefficient (Wildman–Crippen LogP) is 6.06. The highest BCUT2D eigenvalue weighted by atomic mass is 19.1. The third-order valence-corrected chi connectivity index (χ3v) is 7.63. The lowest BCUT2D eigenvalue weighted by molar-refractivity contribution is -0.105. The van der Waals surface area contributed by atoms with Gasteiger partial charge >= 0.3 is 0 Å². The largest absolute Gasteiger partial charge is 0.372 e. The summed E-state index contributed by atoms with van der Waals surface area (Å²) < 4.78 is 13.9. The molecular weight excluding hydrogens is 451 g/mol. The standard InChI is InChI=1S/C22H30FN3O.C8H11N/c1-16-19(12-20(23)13-21(16)24-15-27)14-25-8-10-26(11-9-25)22(18-6-7-18)17-4-2-3-5-17;1-6-4-7(2)9-8(3)5-6/h12-13,15,17H,2-11,14H2,1H3,(H,24,27);4-5H,1-3H3. The normalized spacial score (nSPS) is 18.0. The molecule has 0 bridgehead atoms. The van der Waals surface area contributed by atoms with Gasteiger partial charge in [0.25, 0.3) is 0 Å². The molecule has 1 amide bonds. The van der Waals surface area contributed by atoms with Crippen LogP contribution < -0.4 is 5.32 Å². The number of carbonyl (C=O) groups excluding carboxylic acids is 1. The summed E-state index contributed by atoms with van der Waals surface area (Å²) in [4.78, 5) is 20.0. The van der Waals surface area contributed by atoms with E-state index in [9.17, 15) is 9.18 Å². The minimum absolute atomic E-state index is 0.291. The highest BCUT2D eigenvalue weighted by Gasteiger charge is 2.32. The van der Waals surface area contributed by atoms with E-state index >= 15 is 0 Å². The number of hydrogen-bond donors (Lipinski definition) is 1. The average Bonchev–Trinajstić information content (AvgIpc) is 3.51. The lowest BCUT2D eigenvalue weighted by atomic mass is 10.0. The zero-order valence-electron chi connectivity index (χ0n) is 22.4. The molecule has 194 valence electrons. The number of anilines is 1. The first kappa shape index (κ1) is 26.3.